The average Bonchev–Trinajstić information content (AvgIpc) is 3.67. The third-order valence-electron chi connectivity index (χ3n) is 12.2. The normalized spacial score (nSPS) is 12.9. The second kappa shape index (κ2) is 14.6. The molecule has 1 aliphatic rings. The number of hydrogen-bond acceptors (Lipinski definition) is 3. The van der Waals surface area contributed by atoms with Crippen molar-refractivity contribution in [3.63, 3.8) is 0 Å². The minimum absolute atomic E-state index is 0.233. The van der Waals surface area contributed by atoms with E-state index >= 15 is 0 Å². The van der Waals surface area contributed by atoms with Crippen molar-refractivity contribution < 1.29 is 13.2 Å². The first-order valence-corrected chi connectivity index (χ1v) is 21.9. The first-order valence-electron chi connectivity index (χ1n) is 20.4. The monoisotopic (exact) mass is 816 g/mol. The Kier molecular flexibility index (Phi) is 8.74. The maximum Gasteiger partial charge on any atom is 0.206 e. The largest absolute Gasteiger partial charge is 0.457 e. The summed E-state index contributed by atoms with van der Waals surface area (Å²) in [6, 6.07) is 72.3. The maximum absolute atomic E-state index is 13.8. The topological polar surface area (TPSA) is 52.7 Å². The van der Waals surface area contributed by atoms with Crippen LogP contribution in [0.4, 0.5) is 5.69 Å². The van der Waals surface area contributed by atoms with Crippen molar-refractivity contribution in [2.24, 2.45) is 0 Å². The average molecular weight is 817 g/mol. The number of sulfone groups is 1. The lowest BCUT2D eigenvalue weighted by Crippen LogP contribution is -2.34. The van der Waals surface area contributed by atoms with Gasteiger partial charge in [0.2, 0.25) is 9.84 Å². The molecule has 0 radical (unpaired) electrons. The molecule has 0 bridgehead atoms. The Morgan fingerprint density at radius 3 is 1.53 bits per heavy atom. The van der Waals surface area contributed by atoms with Gasteiger partial charge in [-0.2, -0.15) is 0 Å². The van der Waals surface area contributed by atoms with E-state index in [1.807, 2.05) is 72.8 Å². The summed E-state index contributed by atoms with van der Waals surface area (Å²) in [7, 11) is -3.75. The molecule has 0 atom stereocenters. The highest BCUT2D eigenvalue weighted by Gasteiger charge is 2.45. The first-order chi connectivity index (χ1) is 30.4. The van der Waals surface area contributed by atoms with Crippen molar-refractivity contribution >= 4 is 37.3 Å². The predicted molar refractivity (Wildman–Crippen MR) is 248 cm³/mol. The lowest BCUT2D eigenvalue weighted by molar-refractivity contribution is 0.435. The van der Waals surface area contributed by atoms with Crippen LogP contribution in [-0.4, -0.2) is 13.0 Å². The van der Waals surface area contributed by atoms with E-state index in [1.165, 1.54) is 0 Å². The highest BCUT2D eigenvalue weighted by molar-refractivity contribution is 7.91. The molecule has 11 rings (SSSR count). The smallest absolute Gasteiger partial charge is 0.206 e. The van der Waals surface area contributed by atoms with Crippen LogP contribution in [0.1, 0.15) is 22.3 Å². The van der Waals surface area contributed by atoms with Crippen LogP contribution in [0.5, 0.6) is 11.5 Å². The summed E-state index contributed by atoms with van der Waals surface area (Å²) < 4.78 is 36.8. The number of rotatable bonds is 7. The molecule has 0 fully saturated rings. The number of ether oxygens (including phenoxy) is 1. The minimum atomic E-state index is -3.75. The molecule has 0 saturated carbocycles. The molecule has 0 unspecified atom stereocenters. The molecular weight excluding hydrogens is 781 g/mol. The maximum atomic E-state index is 13.8. The van der Waals surface area contributed by atoms with E-state index in [2.05, 4.69) is 113 Å². The zero-order chi connectivity index (χ0) is 41.8. The van der Waals surface area contributed by atoms with Crippen molar-refractivity contribution in [3.05, 3.63) is 252 Å². The molecule has 0 saturated heterocycles. The van der Waals surface area contributed by atoms with Gasteiger partial charge in [-0.25, -0.2) is 13.3 Å². The van der Waals surface area contributed by atoms with Gasteiger partial charge in [0.25, 0.3) is 0 Å². The predicted octanol–water partition coefficient (Wildman–Crippen LogP) is 14.0. The fraction of sp³-hybridized carbons (Fsp3) is 0.0179. The molecule has 6 heteroatoms. The van der Waals surface area contributed by atoms with Crippen molar-refractivity contribution in [3.8, 4) is 39.4 Å². The Morgan fingerprint density at radius 1 is 0.452 bits per heavy atom. The first kappa shape index (κ1) is 37.1. The van der Waals surface area contributed by atoms with Gasteiger partial charge in [0.1, 0.15) is 11.5 Å². The number of para-hydroxylation sites is 1. The summed E-state index contributed by atoms with van der Waals surface area (Å²) in [5.41, 5.74) is 10.7. The lowest BCUT2D eigenvalue weighted by atomic mass is 9.63. The molecule has 9 aromatic carbocycles. The molecular formula is C56H36N2O3S. The number of hydrogen-bond donors (Lipinski definition) is 0. The third-order valence-corrected chi connectivity index (χ3v) is 13.9. The zero-order valence-corrected chi connectivity index (χ0v) is 34.1. The van der Waals surface area contributed by atoms with E-state index in [4.69, 9.17) is 11.3 Å². The van der Waals surface area contributed by atoms with Gasteiger partial charge in [0, 0.05) is 22.2 Å². The van der Waals surface area contributed by atoms with Crippen LogP contribution >= 0.6 is 0 Å². The highest BCUT2D eigenvalue weighted by Crippen LogP contribution is 2.56. The van der Waals surface area contributed by atoms with Crippen LogP contribution in [0, 0.1) is 6.57 Å². The Labute approximate surface area is 360 Å². The molecule has 1 aromatic heterocycles. The van der Waals surface area contributed by atoms with Crippen molar-refractivity contribution in [2.75, 3.05) is 0 Å². The van der Waals surface area contributed by atoms with Crippen molar-refractivity contribution in [2.45, 2.75) is 15.2 Å². The molecule has 10 aromatic rings. The zero-order valence-electron chi connectivity index (χ0n) is 33.3. The second-order valence-corrected chi connectivity index (χ2v) is 17.5. The Morgan fingerprint density at radius 2 is 0.935 bits per heavy atom. The molecule has 0 amide bonds. The van der Waals surface area contributed by atoms with E-state index in [1.54, 1.807) is 42.5 Å². The quantitative estimate of drug-likeness (QED) is 0.151. The van der Waals surface area contributed by atoms with Crippen LogP contribution in [0.2, 0.25) is 0 Å². The van der Waals surface area contributed by atoms with E-state index in [0.717, 1.165) is 83.5 Å². The number of aromatic nitrogens is 1. The summed E-state index contributed by atoms with van der Waals surface area (Å²) in [5, 5.41) is 2.08. The standard InChI is InChI=1S/C56H36N2O3S/c1-57-44-28-30-53-49(37-44)48-34-39(25-29-52(48)58(53)45-20-10-4-11-21-45)41-27-32-55-51(36-41)56(42-16-6-2-7-17-42,43-18-8-3-9-19-43)50-35-40(26-31-54(50)61-55)38-15-14-24-47(33-38)62(59,60)46-22-12-5-13-23-46/h2-37H. The van der Waals surface area contributed by atoms with Crippen LogP contribution < -0.4 is 4.74 Å². The van der Waals surface area contributed by atoms with E-state index < -0.39 is 15.3 Å². The van der Waals surface area contributed by atoms with Crippen LogP contribution in [0.3, 0.4) is 0 Å². The Bertz CT molecular complexity index is 3460. The van der Waals surface area contributed by atoms with Gasteiger partial charge < -0.3 is 9.30 Å². The molecule has 294 valence electrons. The lowest BCUT2D eigenvalue weighted by Gasteiger charge is -2.42. The van der Waals surface area contributed by atoms with Gasteiger partial charge in [0.15, 0.2) is 5.69 Å². The molecule has 2 heterocycles. The van der Waals surface area contributed by atoms with Crippen LogP contribution in [0.25, 0.3) is 54.6 Å². The molecule has 0 spiro atoms. The number of nitrogens with zero attached hydrogens (tertiary/aromatic N) is 2. The summed E-state index contributed by atoms with van der Waals surface area (Å²) in [5.74, 6) is 1.47. The third kappa shape index (κ3) is 5.86. The summed E-state index contributed by atoms with van der Waals surface area (Å²) in [6.45, 7) is 7.81. The van der Waals surface area contributed by atoms with E-state index in [0.29, 0.717) is 5.69 Å². The van der Waals surface area contributed by atoms with Gasteiger partial charge in [-0.15, -0.1) is 0 Å². The fourth-order valence-electron chi connectivity index (χ4n) is 9.31. The SMILES string of the molecule is [C-]#[N+]c1ccc2c(c1)c1cc(-c3ccc4c(c3)C(c3ccccc3)(c3ccccc3)c3cc(-c5cccc(S(=O)(=O)c6ccccc6)c5)ccc3O4)ccc1n2-c1ccccc1. The van der Waals surface area contributed by atoms with Gasteiger partial charge in [-0.05, 0) is 124 Å². The molecule has 0 aliphatic carbocycles. The van der Waals surface area contributed by atoms with Crippen LogP contribution in [-0.2, 0) is 15.3 Å². The number of benzene rings is 9. The molecule has 1 aliphatic heterocycles. The Hall–Kier alpha value is -7.98. The van der Waals surface area contributed by atoms with Crippen LogP contribution in [0.15, 0.2) is 228 Å². The van der Waals surface area contributed by atoms with Gasteiger partial charge in [-0.3, -0.25) is 0 Å². The molecule has 0 N–H and O–H groups in total. The van der Waals surface area contributed by atoms with E-state index in [-0.39, 0.29) is 9.79 Å². The van der Waals surface area contributed by atoms with Gasteiger partial charge in [0.05, 0.1) is 32.8 Å². The minimum Gasteiger partial charge on any atom is -0.457 e. The van der Waals surface area contributed by atoms with Gasteiger partial charge >= 0.3 is 0 Å². The summed E-state index contributed by atoms with van der Waals surface area (Å²) in [4.78, 5) is 4.27. The Balaban J connectivity index is 1.13. The van der Waals surface area contributed by atoms with Crippen molar-refractivity contribution in [1.82, 2.24) is 4.57 Å². The highest BCUT2D eigenvalue weighted by atomic mass is 32.2. The van der Waals surface area contributed by atoms with Gasteiger partial charge in [-0.1, -0.05) is 133 Å². The fourth-order valence-corrected chi connectivity index (χ4v) is 10.6. The second-order valence-electron chi connectivity index (χ2n) is 15.6. The summed E-state index contributed by atoms with van der Waals surface area (Å²) in [6.07, 6.45) is 0. The van der Waals surface area contributed by atoms with E-state index in [9.17, 15) is 8.42 Å². The molecule has 5 nitrogen and oxygen atoms in total. The number of fused-ring (bicyclic) bond motifs is 5. The molecule has 62 heavy (non-hydrogen) atoms. The van der Waals surface area contributed by atoms with Crippen molar-refractivity contribution in [1.29, 1.82) is 0 Å². The summed E-state index contributed by atoms with van der Waals surface area (Å²) >= 11 is 0.